The number of hydrogen-bond acceptors (Lipinski definition) is 4. The highest BCUT2D eigenvalue weighted by Crippen LogP contribution is 2.41. The number of para-hydroxylation sites is 1. The van der Waals surface area contributed by atoms with E-state index in [2.05, 4.69) is 6.07 Å². The molecule has 4 nitrogen and oxygen atoms in total. The number of fused-ring (bicyclic) bond motifs is 1. The van der Waals surface area contributed by atoms with Crippen molar-refractivity contribution in [1.82, 2.24) is 0 Å². The van der Waals surface area contributed by atoms with Crippen molar-refractivity contribution in [3.8, 4) is 11.8 Å². The van der Waals surface area contributed by atoms with Gasteiger partial charge >= 0.3 is 5.97 Å². The minimum atomic E-state index is -0.909. The number of rotatable bonds is 4. The maximum absolute atomic E-state index is 12.2. The van der Waals surface area contributed by atoms with Crippen LogP contribution in [0.15, 0.2) is 60.7 Å². The molecule has 120 valence electrons. The summed E-state index contributed by atoms with van der Waals surface area (Å²) in [6.07, 6.45) is 1.84. The predicted molar refractivity (Wildman–Crippen MR) is 90.0 cm³/mol. The van der Waals surface area contributed by atoms with E-state index in [1.54, 1.807) is 6.92 Å². The van der Waals surface area contributed by atoms with E-state index in [-0.39, 0.29) is 6.61 Å². The third kappa shape index (κ3) is 3.02. The van der Waals surface area contributed by atoms with Crippen molar-refractivity contribution in [2.45, 2.75) is 12.8 Å². The monoisotopic (exact) mass is 319 g/mol. The molecule has 0 aromatic heterocycles. The van der Waals surface area contributed by atoms with Gasteiger partial charge in [-0.05, 0) is 19.1 Å². The standard InChI is InChI=1S/C20H17NO3/c1-2-23-20(22)17(13-21)16-12-19(14-8-4-3-5-9-14)24-18-11-7-6-10-15(16)18/h3-12,16-17H,2H2,1H3. The molecule has 0 N–H and O–H groups in total. The van der Waals surface area contributed by atoms with Gasteiger partial charge in [-0.1, -0.05) is 48.5 Å². The summed E-state index contributed by atoms with van der Waals surface area (Å²) < 4.78 is 11.1. The van der Waals surface area contributed by atoms with Gasteiger partial charge in [-0.2, -0.15) is 5.26 Å². The Kier molecular flexibility index (Phi) is 4.62. The molecule has 0 saturated carbocycles. The average molecular weight is 319 g/mol. The predicted octanol–water partition coefficient (Wildman–Crippen LogP) is 3.91. The number of esters is 1. The lowest BCUT2D eigenvalue weighted by atomic mass is 9.84. The fraction of sp³-hybridized carbons (Fsp3) is 0.200. The Balaban J connectivity index is 2.06. The number of carbonyl (C=O) groups excluding carboxylic acids is 1. The third-order valence-corrected chi connectivity index (χ3v) is 3.93. The number of nitrogens with zero attached hydrogens (tertiary/aromatic N) is 1. The van der Waals surface area contributed by atoms with Gasteiger partial charge in [0.25, 0.3) is 0 Å². The lowest BCUT2D eigenvalue weighted by Crippen LogP contribution is -2.25. The molecule has 3 rings (SSSR count). The summed E-state index contributed by atoms with van der Waals surface area (Å²) in [4.78, 5) is 12.2. The molecule has 0 amide bonds. The summed E-state index contributed by atoms with van der Waals surface area (Å²) in [7, 11) is 0. The highest BCUT2D eigenvalue weighted by molar-refractivity contribution is 5.79. The fourth-order valence-electron chi connectivity index (χ4n) is 2.80. The van der Waals surface area contributed by atoms with E-state index in [0.717, 1.165) is 11.1 Å². The number of nitriles is 1. The molecular formula is C20H17NO3. The zero-order valence-corrected chi connectivity index (χ0v) is 13.3. The lowest BCUT2D eigenvalue weighted by molar-refractivity contribution is -0.146. The summed E-state index contributed by atoms with van der Waals surface area (Å²) in [5.41, 5.74) is 1.72. The van der Waals surface area contributed by atoms with E-state index in [0.29, 0.717) is 11.5 Å². The SMILES string of the molecule is CCOC(=O)C(C#N)C1C=C(c2ccccc2)Oc2ccccc21. The second-order valence-corrected chi connectivity index (χ2v) is 5.42. The molecule has 2 aromatic rings. The number of benzene rings is 2. The Morgan fingerprint density at radius 3 is 2.62 bits per heavy atom. The summed E-state index contributed by atoms with van der Waals surface area (Å²) >= 11 is 0. The molecule has 2 atom stereocenters. The molecular weight excluding hydrogens is 302 g/mol. The summed E-state index contributed by atoms with van der Waals surface area (Å²) in [6.45, 7) is 1.98. The number of carbonyl (C=O) groups is 1. The average Bonchev–Trinajstić information content (AvgIpc) is 2.63. The van der Waals surface area contributed by atoms with Crippen LogP contribution in [0.5, 0.6) is 5.75 Å². The van der Waals surface area contributed by atoms with Crippen molar-refractivity contribution in [2.24, 2.45) is 5.92 Å². The normalized spacial score (nSPS) is 16.8. The third-order valence-electron chi connectivity index (χ3n) is 3.93. The lowest BCUT2D eigenvalue weighted by Gasteiger charge is -2.27. The van der Waals surface area contributed by atoms with E-state index >= 15 is 0 Å². The van der Waals surface area contributed by atoms with Gasteiger partial charge in [-0.25, -0.2) is 0 Å². The number of allylic oxidation sites excluding steroid dienone is 1. The van der Waals surface area contributed by atoms with Gasteiger partial charge in [0.05, 0.1) is 12.7 Å². The van der Waals surface area contributed by atoms with Crippen LogP contribution in [-0.2, 0) is 9.53 Å². The number of ether oxygens (including phenoxy) is 2. The zero-order chi connectivity index (χ0) is 16.9. The minimum absolute atomic E-state index is 0.247. The largest absolute Gasteiger partial charge is 0.465 e. The first kappa shape index (κ1) is 15.8. The molecule has 24 heavy (non-hydrogen) atoms. The molecule has 0 saturated heterocycles. The Morgan fingerprint density at radius 2 is 1.92 bits per heavy atom. The molecule has 2 aromatic carbocycles. The summed E-state index contributed by atoms with van der Waals surface area (Å²) in [5, 5.41) is 9.54. The van der Waals surface area contributed by atoms with Gasteiger partial charge in [0.15, 0.2) is 5.92 Å². The molecule has 1 heterocycles. The second-order valence-electron chi connectivity index (χ2n) is 5.42. The first-order valence-electron chi connectivity index (χ1n) is 7.85. The Labute approximate surface area is 140 Å². The molecule has 0 spiro atoms. The van der Waals surface area contributed by atoms with Crippen LogP contribution in [0.2, 0.25) is 0 Å². The van der Waals surface area contributed by atoms with Crippen LogP contribution in [0, 0.1) is 17.2 Å². The van der Waals surface area contributed by atoms with Crippen LogP contribution in [0.3, 0.4) is 0 Å². The molecule has 0 bridgehead atoms. The second kappa shape index (κ2) is 7.01. The maximum Gasteiger partial charge on any atom is 0.324 e. The van der Waals surface area contributed by atoms with E-state index in [1.807, 2.05) is 60.7 Å². The van der Waals surface area contributed by atoms with E-state index in [9.17, 15) is 10.1 Å². The molecule has 0 fully saturated rings. The first-order valence-corrected chi connectivity index (χ1v) is 7.85. The molecule has 2 unspecified atom stereocenters. The van der Waals surface area contributed by atoms with Crippen LogP contribution < -0.4 is 4.74 Å². The van der Waals surface area contributed by atoms with Crippen LogP contribution in [0.1, 0.15) is 24.0 Å². The van der Waals surface area contributed by atoms with Crippen LogP contribution in [0.4, 0.5) is 0 Å². The molecule has 1 aliphatic heterocycles. The zero-order valence-electron chi connectivity index (χ0n) is 13.3. The van der Waals surface area contributed by atoms with Crippen molar-refractivity contribution < 1.29 is 14.3 Å². The van der Waals surface area contributed by atoms with Crippen LogP contribution in [0.25, 0.3) is 5.76 Å². The van der Waals surface area contributed by atoms with Crippen LogP contribution in [-0.4, -0.2) is 12.6 Å². The smallest absolute Gasteiger partial charge is 0.324 e. The molecule has 4 heteroatoms. The number of hydrogen-bond donors (Lipinski definition) is 0. The van der Waals surface area contributed by atoms with Gasteiger partial charge in [0, 0.05) is 17.0 Å². The van der Waals surface area contributed by atoms with Gasteiger partial charge in [0.1, 0.15) is 11.5 Å². The van der Waals surface area contributed by atoms with Crippen molar-refractivity contribution in [3.63, 3.8) is 0 Å². The van der Waals surface area contributed by atoms with Crippen LogP contribution >= 0.6 is 0 Å². The van der Waals surface area contributed by atoms with Gasteiger partial charge in [0.2, 0.25) is 0 Å². The van der Waals surface area contributed by atoms with E-state index in [4.69, 9.17) is 9.47 Å². The Morgan fingerprint density at radius 1 is 1.21 bits per heavy atom. The minimum Gasteiger partial charge on any atom is -0.465 e. The van der Waals surface area contributed by atoms with Gasteiger partial charge < -0.3 is 9.47 Å². The molecule has 0 aliphatic carbocycles. The highest BCUT2D eigenvalue weighted by Gasteiger charge is 2.34. The van der Waals surface area contributed by atoms with Crippen molar-refractivity contribution in [2.75, 3.05) is 6.61 Å². The van der Waals surface area contributed by atoms with Crippen molar-refractivity contribution in [3.05, 3.63) is 71.8 Å². The van der Waals surface area contributed by atoms with Gasteiger partial charge in [-0.3, -0.25) is 4.79 Å². The van der Waals surface area contributed by atoms with Gasteiger partial charge in [-0.15, -0.1) is 0 Å². The summed E-state index contributed by atoms with van der Waals surface area (Å²) in [6, 6.07) is 19.2. The molecule has 1 aliphatic rings. The van der Waals surface area contributed by atoms with Crippen molar-refractivity contribution in [1.29, 1.82) is 5.26 Å². The fourth-order valence-corrected chi connectivity index (χ4v) is 2.80. The summed E-state index contributed by atoms with van der Waals surface area (Å²) in [5.74, 6) is -0.523. The molecule has 0 radical (unpaired) electrons. The van der Waals surface area contributed by atoms with Crippen molar-refractivity contribution >= 4 is 11.7 Å². The quantitative estimate of drug-likeness (QED) is 0.802. The topological polar surface area (TPSA) is 59.3 Å². The Bertz CT molecular complexity index is 805. The first-order chi connectivity index (χ1) is 11.7. The maximum atomic E-state index is 12.2. The van der Waals surface area contributed by atoms with E-state index < -0.39 is 17.8 Å². The Hall–Kier alpha value is -3.06. The highest BCUT2D eigenvalue weighted by atomic mass is 16.5. The van der Waals surface area contributed by atoms with E-state index in [1.165, 1.54) is 0 Å².